The van der Waals surface area contributed by atoms with Gasteiger partial charge in [0.25, 0.3) is 11.6 Å². The zero-order valence-corrected chi connectivity index (χ0v) is 16.8. The molecule has 0 bridgehead atoms. The third-order valence-electron chi connectivity index (χ3n) is 4.93. The van der Waals surface area contributed by atoms with E-state index in [9.17, 15) is 14.0 Å². The van der Waals surface area contributed by atoms with Crippen molar-refractivity contribution in [3.63, 3.8) is 0 Å². The Morgan fingerprint density at radius 2 is 1.77 bits per heavy atom. The van der Waals surface area contributed by atoms with Crippen molar-refractivity contribution in [2.75, 3.05) is 7.05 Å². The molecule has 31 heavy (non-hydrogen) atoms. The number of likely N-dealkylation sites (N-methyl/N-ethyl adjacent to an activating group) is 1. The third-order valence-corrected chi connectivity index (χ3v) is 4.93. The average Bonchev–Trinajstić information content (AvgIpc) is 3.17. The van der Waals surface area contributed by atoms with E-state index >= 15 is 0 Å². The highest BCUT2D eigenvalue weighted by Crippen LogP contribution is 2.29. The smallest absolute Gasteiger partial charge is 0.259 e. The SMILES string of the molecule is CNC(=O)[C@@H](NC(=O)c1cc(-c2ccccc2F)nc2onc(C)c12)c1ccccc1. The summed E-state index contributed by atoms with van der Waals surface area (Å²) in [6.07, 6.45) is 0. The van der Waals surface area contributed by atoms with Gasteiger partial charge in [-0.1, -0.05) is 47.6 Å². The molecule has 1 atom stereocenters. The van der Waals surface area contributed by atoms with Gasteiger partial charge < -0.3 is 15.2 Å². The van der Waals surface area contributed by atoms with Gasteiger partial charge in [0, 0.05) is 12.6 Å². The van der Waals surface area contributed by atoms with Gasteiger partial charge in [0.05, 0.1) is 22.3 Å². The van der Waals surface area contributed by atoms with Crippen LogP contribution < -0.4 is 10.6 Å². The Kier molecular flexibility index (Phi) is 5.44. The van der Waals surface area contributed by atoms with E-state index in [0.717, 1.165) is 0 Å². The van der Waals surface area contributed by atoms with E-state index in [1.807, 2.05) is 6.07 Å². The molecule has 2 aromatic heterocycles. The van der Waals surface area contributed by atoms with Crippen molar-refractivity contribution >= 4 is 22.9 Å². The number of aromatic nitrogens is 2. The van der Waals surface area contributed by atoms with Gasteiger partial charge in [0.1, 0.15) is 11.9 Å². The maximum absolute atomic E-state index is 14.4. The number of fused-ring (bicyclic) bond motifs is 1. The van der Waals surface area contributed by atoms with Crippen molar-refractivity contribution in [1.82, 2.24) is 20.8 Å². The summed E-state index contributed by atoms with van der Waals surface area (Å²) in [6, 6.07) is 15.5. The van der Waals surface area contributed by atoms with E-state index in [1.165, 1.54) is 19.2 Å². The Labute approximate surface area is 177 Å². The van der Waals surface area contributed by atoms with Crippen LogP contribution in [0.2, 0.25) is 0 Å². The monoisotopic (exact) mass is 418 g/mol. The van der Waals surface area contributed by atoms with Crippen molar-refractivity contribution in [3.8, 4) is 11.3 Å². The lowest BCUT2D eigenvalue weighted by molar-refractivity contribution is -0.122. The minimum Gasteiger partial charge on any atom is -0.357 e. The van der Waals surface area contributed by atoms with Gasteiger partial charge in [-0.05, 0) is 30.7 Å². The largest absolute Gasteiger partial charge is 0.357 e. The van der Waals surface area contributed by atoms with E-state index < -0.39 is 17.8 Å². The molecule has 0 spiro atoms. The summed E-state index contributed by atoms with van der Waals surface area (Å²) < 4.78 is 19.6. The lowest BCUT2D eigenvalue weighted by Gasteiger charge is -2.18. The number of amides is 2. The maximum atomic E-state index is 14.4. The van der Waals surface area contributed by atoms with Crippen LogP contribution in [0.5, 0.6) is 0 Å². The van der Waals surface area contributed by atoms with Gasteiger partial charge in [-0.25, -0.2) is 9.37 Å². The van der Waals surface area contributed by atoms with Crippen molar-refractivity contribution in [2.24, 2.45) is 0 Å². The number of aryl methyl sites for hydroxylation is 1. The van der Waals surface area contributed by atoms with Gasteiger partial charge in [-0.2, -0.15) is 0 Å². The van der Waals surface area contributed by atoms with Crippen LogP contribution in [0.1, 0.15) is 27.7 Å². The first-order valence-corrected chi connectivity index (χ1v) is 9.59. The summed E-state index contributed by atoms with van der Waals surface area (Å²) >= 11 is 0. The Bertz CT molecular complexity index is 1270. The highest BCUT2D eigenvalue weighted by atomic mass is 19.1. The number of benzene rings is 2. The number of rotatable bonds is 5. The second-order valence-electron chi connectivity index (χ2n) is 6.91. The molecule has 2 aromatic carbocycles. The summed E-state index contributed by atoms with van der Waals surface area (Å²) in [5.74, 6) is -1.39. The lowest BCUT2D eigenvalue weighted by Crippen LogP contribution is -2.39. The maximum Gasteiger partial charge on any atom is 0.259 e. The molecule has 8 heteroatoms. The molecule has 0 saturated carbocycles. The molecule has 2 N–H and O–H groups in total. The Balaban J connectivity index is 1.80. The number of hydrogen-bond acceptors (Lipinski definition) is 5. The van der Waals surface area contributed by atoms with Crippen molar-refractivity contribution in [1.29, 1.82) is 0 Å². The van der Waals surface area contributed by atoms with Crippen LogP contribution in [0.3, 0.4) is 0 Å². The molecule has 4 aromatic rings. The fraction of sp³-hybridized carbons (Fsp3) is 0.130. The molecule has 0 radical (unpaired) electrons. The number of halogens is 1. The van der Waals surface area contributed by atoms with Gasteiger partial charge in [0.15, 0.2) is 0 Å². The zero-order chi connectivity index (χ0) is 22.0. The minimum absolute atomic E-state index is 0.111. The number of carbonyl (C=O) groups is 2. The minimum atomic E-state index is -0.918. The molecular formula is C23H19FN4O3. The molecular weight excluding hydrogens is 399 g/mol. The average molecular weight is 418 g/mol. The summed E-state index contributed by atoms with van der Waals surface area (Å²) in [6.45, 7) is 1.68. The van der Waals surface area contributed by atoms with Crippen LogP contribution in [0.15, 0.2) is 65.2 Å². The summed E-state index contributed by atoms with van der Waals surface area (Å²) in [5.41, 5.74) is 1.83. The topological polar surface area (TPSA) is 97.1 Å². The summed E-state index contributed by atoms with van der Waals surface area (Å²) in [4.78, 5) is 30.1. The molecule has 0 aliphatic heterocycles. The van der Waals surface area contributed by atoms with Gasteiger partial charge in [0.2, 0.25) is 5.91 Å². The van der Waals surface area contributed by atoms with Crippen LogP contribution in [-0.2, 0) is 4.79 Å². The van der Waals surface area contributed by atoms with Crippen LogP contribution in [0, 0.1) is 12.7 Å². The third kappa shape index (κ3) is 3.87. The fourth-order valence-electron chi connectivity index (χ4n) is 3.38. The first-order chi connectivity index (χ1) is 15.0. The number of carbonyl (C=O) groups excluding carboxylic acids is 2. The summed E-state index contributed by atoms with van der Waals surface area (Å²) in [7, 11) is 1.50. The van der Waals surface area contributed by atoms with Crippen LogP contribution >= 0.6 is 0 Å². The summed E-state index contributed by atoms with van der Waals surface area (Å²) in [5, 5.41) is 9.62. The standard InChI is InChI=1S/C23H19FN4O3/c1-13-19-16(21(29)27-20(22(30)25-2)14-8-4-3-5-9-14)12-18(26-23(19)31-28-13)15-10-6-7-11-17(15)24/h3-12,20H,1-2H3,(H,25,30)(H,27,29)/t20-/m0/s1. The number of nitrogens with one attached hydrogen (secondary N) is 2. The Morgan fingerprint density at radius 3 is 2.48 bits per heavy atom. The van der Waals surface area contributed by atoms with Crippen LogP contribution in [-0.4, -0.2) is 29.0 Å². The fourth-order valence-corrected chi connectivity index (χ4v) is 3.38. The molecule has 7 nitrogen and oxygen atoms in total. The number of nitrogens with zero attached hydrogens (tertiary/aromatic N) is 2. The predicted molar refractivity (Wildman–Crippen MR) is 113 cm³/mol. The molecule has 0 unspecified atom stereocenters. The normalized spacial score (nSPS) is 11.8. The number of hydrogen-bond donors (Lipinski definition) is 2. The quantitative estimate of drug-likeness (QED) is 0.517. The van der Waals surface area contributed by atoms with Crippen LogP contribution in [0.4, 0.5) is 4.39 Å². The van der Waals surface area contributed by atoms with Crippen molar-refractivity contribution in [3.05, 3.63) is 83.3 Å². The van der Waals surface area contributed by atoms with Gasteiger partial charge >= 0.3 is 0 Å². The van der Waals surface area contributed by atoms with Gasteiger partial charge in [-0.3, -0.25) is 9.59 Å². The van der Waals surface area contributed by atoms with Gasteiger partial charge in [-0.15, -0.1) is 0 Å². The van der Waals surface area contributed by atoms with E-state index in [1.54, 1.807) is 49.4 Å². The lowest BCUT2D eigenvalue weighted by atomic mass is 10.0. The molecule has 2 amide bonds. The highest BCUT2D eigenvalue weighted by Gasteiger charge is 2.26. The van der Waals surface area contributed by atoms with E-state index in [2.05, 4.69) is 20.8 Å². The molecule has 156 valence electrons. The predicted octanol–water partition coefficient (Wildman–Crippen LogP) is 3.55. The first-order valence-electron chi connectivity index (χ1n) is 9.59. The molecule has 2 heterocycles. The second-order valence-corrected chi connectivity index (χ2v) is 6.91. The molecule has 0 fully saturated rings. The van der Waals surface area contributed by atoms with E-state index in [-0.39, 0.29) is 28.4 Å². The van der Waals surface area contributed by atoms with E-state index in [4.69, 9.17) is 4.52 Å². The molecule has 0 aliphatic carbocycles. The second kappa shape index (κ2) is 8.35. The van der Waals surface area contributed by atoms with E-state index in [0.29, 0.717) is 16.6 Å². The Hall–Kier alpha value is -4.07. The first kappa shape index (κ1) is 20.2. The highest BCUT2D eigenvalue weighted by molar-refractivity contribution is 6.08. The molecule has 0 saturated heterocycles. The van der Waals surface area contributed by atoms with Crippen molar-refractivity contribution < 1.29 is 18.5 Å². The molecule has 0 aliphatic rings. The molecule has 4 rings (SSSR count). The Morgan fingerprint density at radius 1 is 1.06 bits per heavy atom. The van der Waals surface area contributed by atoms with Crippen LogP contribution in [0.25, 0.3) is 22.4 Å². The number of pyridine rings is 1. The van der Waals surface area contributed by atoms with Crippen molar-refractivity contribution in [2.45, 2.75) is 13.0 Å². The zero-order valence-electron chi connectivity index (χ0n) is 16.8.